The Labute approximate surface area is 143 Å². The fraction of sp³-hybridized carbons (Fsp3) is 1.00. The van der Waals surface area contributed by atoms with Gasteiger partial charge >= 0.3 is 103 Å². The summed E-state index contributed by atoms with van der Waals surface area (Å²) in [4.78, 5) is 0. The van der Waals surface area contributed by atoms with E-state index in [2.05, 4.69) is 0 Å². The van der Waals surface area contributed by atoms with Gasteiger partial charge in [0, 0.05) is 0 Å². The summed E-state index contributed by atoms with van der Waals surface area (Å²) in [7, 11) is -3.67. The molecule has 0 atom stereocenters. The molecule has 7 heteroatoms. The zero-order chi connectivity index (χ0) is 4.50. The fourth-order valence-corrected chi connectivity index (χ4v) is 0. The third-order valence-corrected chi connectivity index (χ3v) is 0. The zero-order valence-corrected chi connectivity index (χ0v) is 13.0. The number of hydrogen-bond donors (Lipinski definition) is 1. The maximum absolute atomic E-state index is 9.19. The molecule has 0 aromatic carbocycles. The van der Waals surface area contributed by atoms with Gasteiger partial charge in [0.05, 0.1) is 6.26 Å². The molecule has 0 aliphatic heterocycles. The van der Waals surface area contributed by atoms with Gasteiger partial charge < -0.3 is 2.85 Å². The molecule has 0 bridgehead atoms. The van der Waals surface area contributed by atoms with E-state index in [9.17, 15) is 8.42 Å². The van der Waals surface area contributed by atoms with Crippen LogP contribution in [0.2, 0.25) is 0 Å². The molecule has 0 aliphatic carbocycles. The van der Waals surface area contributed by atoms with Crippen molar-refractivity contribution in [2.24, 2.45) is 0 Å². The minimum absolute atomic E-state index is 0. The maximum atomic E-state index is 9.19. The summed E-state index contributed by atoms with van der Waals surface area (Å²) in [6.07, 6.45) is 0.715. The smallest absolute Gasteiger partial charge is 1.00 e. The van der Waals surface area contributed by atoms with E-state index < -0.39 is 10.1 Å². The average molecular weight is 213 g/mol. The van der Waals surface area contributed by atoms with Crippen LogP contribution in [0.1, 0.15) is 2.85 Å². The van der Waals surface area contributed by atoms with Crippen LogP contribution < -0.4 is 103 Å². The van der Waals surface area contributed by atoms with Gasteiger partial charge in [-0.3, -0.25) is 4.55 Å². The van der Waals surface area contributed by atoms with Gasteiger partial charge in [-0.1, -0.05) is 0 Å². The Bertz CT molecular complexity index is 108. The molecule has 1 N–H and O–H groups in total. The third kappa shape index (κ3) is 56.4. The Hall–Kier alpha value is 3.47. The zero-order valence-electron chi connectivity index (χ0n) is 7.08. The first kappa shape index (κ1) is 22.5. The van der Waals surface area contributed by atoms with E-state index in [1.807, 2.05) is 0 Å². The summed E-state index contributed by atoms with van der Waals surface area (Å²) in [5, 5.41) is 0. The number of halogens is 1. The monoisotopic (exact) mass is 212 g/mol. The second-order valence-electron chi connectivity index (χ2n) is 0.733. The molecular weight excluding hydrogens is 206 g/mol. The van der Waals surface area contributed by atoms with E-state index in [4.69, 9.17) is 4.55 Å². The summed E-state index contributed by atoms with van der Waals surface area (Å²) in [6, 6.07) is 0. The topological polar surface area (TPSA) is 54.4 Å². The molecular formula is CH7ClK2O3S. The van der Waals surface area contributed by atoms with Crippen molar-refractivity contribution in [1.29, 1.82) is 0 Å². The van der Waals surface area contributed by atoms with E-state index >= 15 is 0 Å². The first-order valence-corrected chi connectivity index (χ1v) is 2.77. The van der Waals surface area contributed by atoms with Crippen molar-refractivity contribution in [3.8, 4) is 0 Å². The van der Waals surface area contributed by atoms with Crippen LogP contribution in [0.15, 0.2) is 0 Å². The summed E-state index contributed by atoms with van der Waals surface area (Å²) >= 11 is 0. The molecule has 0 aromatic rings. The van der Waals surface area contributed by atoms with Crippen LogP contribution in [-0.4, -0.2) is 19.2 Å². The van der Waals surface area contributed by atoms with Gasteiger partial charge in [-0.25, -0.2) is 0 Å². The van der Waals surface area contributed by atoms with Crippen LogP contribution in [0, 0.1) is 0 Å². The molecule has 0 unspecified atom stereocenters. The van der Waals surface area contributed by atoms with Crippen LogP contribution in [0.4, 0.5) is 0 Å². The van der Waals surface area contributed by atoms with Crippen molar-refractivity contribution in [3.63, 3.8) is 0 Å². The molecule has 0 aromatic heterocycles. The minimum atomic E-state index is -3.67. The molecule has 0 rings (SSSR count). The SMILES string of the molecule is CS(=O)(=O)O.Cl.[H-].[H-].[K+].[K+]. The second kappa shape index (κ2) is 10.5. The third-order valence-electron chi connectivity index (χ3n) is 0. The minimum Gasteiger partial charge on any atom is -1.00 e. The largest absolute Gasteiger partial charge is 1.00 e. The van der Waals surface area contributed by atoms with E-state index in [-0.39, 0.29) is 118 Å². The summed E-state index contributed by atoms with van der Waals surface area (Å²) in [6.45, 7) is 0. The van der Waals surface area contributed by atoms with Crippen molar-refractivity contribution in [2.75, 3.05) is 6.26 Å². The Balaban J connectivity index is -0.00000000800. The van der Waals surface area contributed by atoms with Crippen molar-refractivity contribution in [3.05, 3.63) is 0 Å². The Kier molecular flexibility index (Phi) is 29.5. The molecule has 0 saturated heterocycles. The van der Waals surface area contributed by atoms with Gasteiger partial charge in [0.2, 0.25) is 0 Å². The molecule has 0 heterocycles. The molecule has 0 amide bonds. The van der Waals surface area contributed by atoms with Gasteiger partial charge in [0.1, 0.15) is 0 Å². The van der Waals surface area contributed by atoms with Crippen LogP contribution in [-0.2, 0) is 10.1 Å². The van der Waals surface area contributed by atoms with Gasteiger partial charge in [-0.15, -0.1) is 12.4 Å². The summed E-state index contributed by atoms with van der Waals surface area (Å²) < 4.78 is 25.9. The number of rotatable bonds is 0. The molecule has 0 radical (unpaired) electrons. The maximum Gasteiger partial charge on any atom is 1.00 e. The van der Waals surface area contributed by atoms with Crippen LogP contribution in [0.25, 0.3) is 0 Å². The van der Waals surface area contributed by atoms with E-state index in [0.29, 0.717) is 6.26 Å². The fourth-order valence-electron chi connectivity index (χ4n) is 0. The van der Waals surface area contributed by atoms with E-state index in [1.54, 1.807) is 0 Å². The molecule has 8 heavy (non-hydrogen) atoms. The summed E-state index contributed by atoms with van der Waals surface area (Å²) in [5.74, 6) is 0. The quantitative estimate of drug-likeness (QED) is 0.322. The number of hydrogen-bond acceptors (Lipinski definition) is 2. The molecule has 0 aliphatic rings. The van der Waals surface area contributed by atoms with Crippen LogP contribution in [0.3, 0.4) is 0 Å². The van der Waals surface area contributed by atoms with Gasteiger partial charge in [-0.05, 0) is 0 Å². The first-order chi connectivity index (χ1) is 2.00. The predicted octanol–water partition coefficient (Wildman–Crippen LogP) is -5.84. The Morgan fingerprint density at radius 1 is 1.38 bits per heavy atom. The molecule has 0 fully saturated rings. The van der Waals surface area contributed by atoms with Crippen LogP contribution >= 0.6 is 12.4 Å². The Morgan fingerprint density at radius 2 is 1.38 bits per heavy atom. The van der Waals surface area contributed by atoms with Crippen molar-refractivity contribution in [2.45, 2.75) is 0 Å². The van der Waals surface area contributed by atoms with Gasteiger partial charge in [-0.2, -0.15) is 8.42 Å². The molecule has 44 valence electrons. The Morgan fingerprint density at radius 3 is 1.38 bits per heavy atom. The van der Waals surface area contributed by atoms with Crippen molar-refractivity contribution in [1.82, 2.24) is 0 Å². The van der Waals surface area contributed by atoms with Crippen molar-refractivity contribution >= 4 is 22.5 Å². The second-order valence-corrected chi connectivity index (χ2v) is 2.20. The molecule has 0 saturated carbocycles. The standard InChI is InChI=1S/CH4O3S.ClH.2K.2H/c1-5(2,3)4;;;;;/h1H3,(H,2,3,4);1H;;;;/q;;2*+1;2*-1. The van der Waals surface area contributed by atoms with E-state index in [1.165, 1.54) is 0 Å². The summed E-state index contributed by atoms with van der Waals surface area (Å²) in [5.41, 5.74) is 0. The van der Waals surface area contributed by atoms with Crippen molar-refractivity contribution < 1.29 is 119 Å². The molecule has 0 spiro atoms. The average Bonchev–Trinajstić information content (AvgIpc) is 0.722. The molecule has 3 nitrogen and oxygen atoms in total. The predicted molar refractivity (Wildman–Crippen MR) is 26.9 cm³/mol. The van der Waals surface area contributed by atoms with Crippen LogP contribution in [0.5, 0.6) is 0 Å². The van der Waals surface area contributed by atoms with E-state index in [0.717, 1.165) is 0 Å². The van der Waals surface area contributed by atoms with Gasteiger partial charge in [0.15, 0.2) is 0 Å². The van der Waals surface area contributed by atoms with Gasteiger partial charge in [0.25, 0.3) is 10.1 Å². The first-order valence-electron chi connectivity index (χ1n) is 0.924. The normalized spacial score (nSPS) is 7.25.